The van der Waals surface area contributed by atoms with E-state index in [9.17, 15) is 0 Å². The molecule has 0 atom stereocenters. The zero-order chi connectivity index (χ0) is 18.1. The Morgan fingerprint density at radius 2 is 1.63 bits per heavy atom. The molecule has 2 nitrogen and oxygen atoms in total. The fraction of sp³-hybridized carbons (Fsp3) is 0.0455. The van der Waals surface area contributed by atoms with E-state index in [4.69, 9.17) is 32.9 Å². The minimum atomic E-state index is 0. The number of fused-ring (bicyclic) bond motifs is 1. The van der Waals surface area contributed by atoms with Gasteiger partial charge in [-0.3, -0.25) is 0 Å². The van der Waals surface area contributed by atoms with Crippen molar-refractivity contribution in [2.45, 2.75) is 0 Å². The Morgan fingerprint density at radius 1 is 0.815 bits per heavy atom. The number of halogens is 3. The third-order valence-corrected chi connectivity index (χ3v) is 4.86. The lowest BCUT2D eigenvalue weighted by Gasteiger charge is -2.12. The molecule has 0 aliphatic heterocycles. The fourth-order valence-electron chi connectivity index (χ4n) is 3.03. The maximum atomic E-state index is 6.47. The molecule has 0 aliphatic rings. The average molecular weight is 416 g/mol. The van der Waals surface area contributed by atoms with E-state index in [1.807, 2.05) is 66.7 Å². The first-order chi connectivity index (χ1) is 12.7. The van der Waals surface area contributed by atoms with Crippen LogP contribution in [0.25, 0.3) is 33.3 Å². The van der Waals surface area contributed by atoms with Gasteiger partial charge >= 0.3 is 0 Å². The molecule has 0 saturated heterocycles. The standard InChI is InChI=1S/C22H15Cl2NO.ClH/c1-26-16-6-4-5-14(11-16)22-13-18(17-7-2-3-8-20(17)24)19-12-15(23)9-10-21(19)25-22;/h2-13H,1H3;1H/p-1. The van der Waals surface area contributed by atoms with Crippen molar-refractivity contribution < 1.29 is 17.1 Å². The van der Waals surface area contributed by atoms with E-state index >= 15 is 0 Å². The van der Waals surface area contributed by atoms with Crippen molar-refractivity contribution in [3.63, 3.8) is 0 Å². The SMILES string of the molecule is COc1cccc(-c2cc(-c3ccccc3Cl)c3cc(Cl)ccc3n2)c1.[Cl-]. The van der Waals surface area contributed by atoms with Crippen LogP contribution in [0.2, 0.25) is 10.0 Å². The van der Waals surface area contributed by atoms with Gasteiger partial charge in [0.25, 0.3) is 0 Å². The van der Waals surface area contributed by atoms with Gasteiger partial charge in [-0.05, 0) is 48.0 Å². The Morgan fingerprint density at radius 3 is 2.41 bits per heavy atom. The van der Waals surface area contributed by atoms with E-state index in [0.717, 1.165) is 39.0 Å². The van der Waals surface area contributed by atoms with Crippen LogP contribution >= 0.6 is 23.2 Å². The van der Waals surface area contributed by atoms with Crippen LogP contribution in [-0.4, -0.2) is 12.1 Å². The molecule has 0 bridgehead atoms. The van der Waals surface area contributed by atoms with Gasteiger partial charge in [0.15, 0.2) is 0 Å². The van der Waals surface area contributed by atoms with E-state index in [-0.39, 0.29) is 12.4 Å². The number of pyridine rings is 1. The van der Waals surface area contributed by atoms with E-state index in [0.29, 0.717) is 10.0 Å². The monoisotopic (exact) mass is 414 g/mol. The summed E-state index contributed by atoms with van der Waals surface area (Å²) in [5, 5.41) is 2.33. The number of benzene rings is 3. The lowest BCUT2D eigenvalue weighted by Crippen LogP contribution is -3.00. The van der Waals surface area contributed by atoms with Crippen LogP contribution in [0.3, 0.4) is 0 Å². The Bertz CT molecular complexity index is 1110. The maximum absolute atomic E-state index is 6.47. The fourth-order valence-corrected chi connectivity index (χ4v) is 3.44. The van der Waals surface area contributed by atoms with Gasteiger partial charge < -0.3 is 17.1 Å². The Hall–Kier alpha value is -2.26. The highest BCUT2D eigenvalue weighted by molar-refractivity contribution is 6.34. The van der Waals surface area contributed by atoms with Crippen molar-refractivity contribution in [3.05, 3.63) is 82.8 Å². The third kappa shape index (κ3) is 3.89. The van der Waals surface area contributed by atoms with Crippen LogP contribution in [0.1, 0.15) is 0 Å². The predicted octanol–water partition coefficient (Wildman–Crippen LogP) is 3.89. The van der Waals surface area contributed by atoms with Crippen molar-refractivity contribution in [1.82, 2.24) is 4.98 Å². The van der Waals surface area contributed by atoms with Gasteiger partial charge in [-0.25, -0.2) is 4.98 Å². The molecule has 0 amide bonds. The average Bonchev–Trinajstić information content (AvgIpc) is 2.68. The van der Waals surface area contributed by atoms with E-state index in [1.54, 1.807) is 7.11 Å². The summed E-state index contributed by atoms with van der Waals surface area (Å²) in [6.07, 6.45) is 0. The van der Waals surface area contributed by atoms with Crippen LogP contribution in [0.4, 0.5) is 0 Å². The molecular weight excluding hydrogens is 401 g/mol. The Labute approximate surface area is 174 Å². The number of hydrogen-bond acceptors (Lipinski definition) is 2. The summed E-state index contributed by atoms with van der Waals surface area (Å²) >= 11 is 12.7. The van der Waals surface area contributed by atoms with Gasteiger partial charge in [0, 0.05) is 26.6 Å². The van der Waals surface area contributed by atoms with Crippen molar-refractivity contribution >= 4 is 34.1 Å². The number of nitrogens with zero attached hydrogens (tertiary/aromatic N) is 1. The molecule has 0 unspecified atom stereocenters. The van der Waals surface area contributed by atoms with Crippen LogP contribution in [0.5, 0.6) is 5.75 Å². The predicted molar refractivity (Wildman–Crippen MR) is 109 cm³/mol. The second-order valence-corrected chi connectivity index (χ2v) is 6.77. The first-order valence-corrected chi connectivity index (χ1v) is 8.91. The van der Waals surface area contributed by atoms with Crippen LogP contribution in [-0.2, 0) is 0 Å². The first-order valence-electron chi connectivity index (χ1n) is 8.15. The summed E-state index contributed by atoms with van der Waals surface area (Å²) in [5.74, 6) is 0.791. The molecule has 4 rings (SSSR count). The van der Waals surface area contributed by atoms with Crippen molar-refractivity contribution in [1.29, 1.82) is 0 Å². The van der Waals surface area contributed by atoms with Gasteiger partial charge in [-0.15, -0.1) is 0 Å². The summed E-state index contributed by atoms with van der Waals surface area (Å²) in [5.41, 5.74) is 4.65. The zero-order valence-corrected chi connectivity index (χ0v) is 16.7. The number of aromatic nitrogens is 1. The molecule has 0 radical (unpaired) electrons. The first kappa shape index (κ1) is 19.5. The summed E-state index contributed by atoms with van der Waals surface area (Å²) in [4.78, 5) is 4.82. The number of hydrogen-bond donors (Lipinski definition) is 0. The minimum absolute atomic E-state index is 0. The van der Waals surface area contributed by atoms with Gasteiger partial charge in [0.05, 0.1) is 18.3 Å². The lowest BCUT2D eigenvalue weighted by atomic mass is 9.98. The second-order valence-electron chi connectivity index (χ2n) is 5.93. The smallest absolute Gasteiger partial charge is 0.119 e. The molecule has 27 heavy (non-hydrogen) atoms. The van der Waals surface area contributed by atoms with E-state index < -0.39 is 0 Å². The maximum Gasteiger partial charge on any atom is 0.119 e. The molecular formula is C22H15Cl3NO-. The molecule has 0 saturated carbocycles. The number of rotatable bonds is 3. The normalized spacial score (nSPS) is 10.5. The molecule has 1 aromatic heterocycles. The van der Waals surface area contributed by atoms with Gasteiger partial charge in [0.1, 0.15) is 5.75 Å². The van der Waals surface area contributed by atoms with Gasteiger partial charge in [-0.1, -0.05) is 53.5 Å². The summed E-state index contributed by atoms with van der Waals surface area (Å²) in [6, 6.07) is 23.4. The Kier molecular flexibility index (Phi) is 5.91. The molecule has 0 fully saturated rings. The largest absolute Gasteiger partial charge is 1.00 e. The van der Waals surface area contributed by atoms with Crippen LogP contribution in [0, 0.1) is 0 Å². The molecule has 0 spiro atoms. The van der Waals surface area contributed by atoms with Crippen LogP contribution in [0.15, 0.2) is 72.8 Å². The summed E-state index contributed by atoms with van der Waals surface area (Å²) in [6.45, 7) is 0. The molecule has 0 aliphatic carbocycles. The molecule has 3 aromatic carbocycles. The molecule has 1 heterocycles. The third-order valence-electron chi connectivity index (χ3n) is 4.30. The van der Waals surface area contributed by atoms with Crippen molar-refractivity contribution in [2.24, 2.45) is 0 Å². The quantitative estimate of drug-likeness (QED) is 0.506. The topological polar surface area (TPSA) is 22.1 Å². The highest BCUT2D eigenvalue weighted by atomic mass is 35.5. The van der Waals surface area contributed by atoms with Gasteiger partial charge in [0.2, 0.25) is 0 Å². The number of ether oxygens (including phenoxy) is 1. The summed E-state index contributed by atoms with van der Waals surface area (Å²) in [7, 11) is 1.66. The van der Waals surface area contributed by atoms with E-state index in [2.05, 4.69) is 6.07 Å². The molecule has 0 N–H and O–H groups in total. The lowest BCUT2D eigenvalue weighted by molar-refractivity contribution is -0.00000522. The van der Waals surface area contributed by atoms with Crippen LogP contribution < -0.4 is 17.1 Å². The second kappa shape index (κ2) is 8.18. The minimum Gasteiger partial charge on any atom is -1.00 e. The highest BCUT2D eigenvalue weighted by Crippen LogP contribution is 2.37. The molecule has 136 valence electrons. The summed E-state index contributed by atoms with van der Waals surface area (Å²) < 4.78 is 5.35. The van der Waals surface area contributed by atoms with Gasteiger partial charge in [-0.2, -0.15) is 0 Å². The Balaban J connectivity index is 0.00000210. The van der Waals surface area contributed by atoms with Crippen molar-refractivity contribution in [2.75, 3.05) is 7.11 Å². The van der Waals surface area contributed by atoms with Crippen molar-refractivity contribution in [3.8, 4) is 28.1 Å². The number of methoxy groups -OCH3 is 1. The van der Waals surface area contributed by atoms with E-state index in [1.165, 1.54) is 0 Å². The molecule has 4 aromatic rings. The molecule has 5 heteroatoms. The highest BCUT2D eigenvalue weighted by Gasteiger charge is 2.12. The zero-order valence-electron chi connectivity index (χ0n) is 14.4.